The van der Waals surface area contributed by atoms with Crippen LogP contribution in [0, 0.1) is 0 Å². The maximum absolute atomic E-state index is 3.59. The van der Waals surface area contributed by atoms with Crippen LogP contribution in [0.5, 0.6) is 0 Å². The molecule has 1 N–H and O–H groups in total. The first-order valence-electron chi connectivity index (χ1n) is 5.54. The Hall–Kier alpha value is 0.270. The Labute approximate surface area is 92.8 Å². The Morgan fingerprint density at radius 3 is 2.86 bits per heavy atom. The fourth-order valence-electron chi connectivity index (χ4n) is 2.02. The lowest BCUT2D eigenvalue weighted by molar-refractivity contribution is 0.234. The summed E-state index contributed by atoms with van der Waals surface area (Å²) in [4.78, 5) is 2.60. The van der Waals surface area contributed by atoms with Gasteiger partial charge in [-0.25, -0.2) is 0 Å². The molecule has 0 spiro atoms. The van der Waals surface area contributed by atoms with Crippen LogP contribution in [0.1, 0.15) is 27.2 Å². The van der Waals surface area contributed by atoms with Crippen molar-refractivity contribution in [3.05, 3.63) is 0 Å². The van der Waals surface area contributed by atoms with Gasteiger partial charge in [-0.15, -0.1) is 0 Å². The van der Waals surface area contributed by atoms with Gasteiger partial charge in [-0.3, -0.25) is 0 Å². The molecule has 0 aromatic heterocycles. The van der Waals surface area contributed by atoms with E-state index in [0.29, 0.717) is 0 Å². The number of nitrogens with zero attached hydrogens (tertiary/aromatic N) is 1. The zero-order valence-corrected chi connectivity index (χ0v) is 10.8. The Balaban J connectivity index is 2.43. The molecular weight excluding hydrogens is 192 g/mol. The molecule has 1 fully saturated rings. The molecule has 1 aliphatic heterocycles. The van der Waals surface area contributed by atoms with Gasteiger partial charge in [0.1, 0.15) is 0 Å². The van der Waals surface area contributed by atoms with Crippen LogP contribution in [0.25, 0.3) is 0 Å². The average Bonchev–Trinajstić information content (AvgIpc) is 2.26. The van der Waals surface area contributed by atoms with Gasteiger partial charge in [0.05, 0.1) is 0 Å². The lowest BCUT2D eigenvalue weighted by atomic mass is 10.1. The topological polar surface area (TPSA) is 15.3 Å². The third kappa shape index (κ3) is 4.20. The number of thioether (sulfide) groups is 1. The number of rotatable bonds is 3. The van der Waals surface area contributed by atoms with Crippen molar-refractivity contribution in [1.29, 1.82) is 0 Å². The number of hydrogen-bond donors (Lipinski definition) is 1. The maximum atomic E-state index is 3.59. The maximum Gasteiger partial charge on any atom is 0.0252 e. The third-order valence-electron chi connectivity index (χ3n) is 2.79. The predicted molar refractivity (Wildman–Crippen MR) is 66.1 cm³/mol. The van der Waals surface area contributed by atoms with Crippen molar-refractivity contribution in [2.24, 2.45) is 0 Å². The smallest absolute Gasteiger partial charge is 0.0252 e. The zero-order chi connectivity index (χ0) is 10.6. The molecule has 1 unspecified atom stereocenters. The molecule has 1 saturated heterocycles. The van der Waals surface area contributed by atoms with Crippen LogP contribution in [0.4, 0.5) is 0 Å². The van der Waals surface area contributed by atoms with Gasteiger partial charge in [0, 0.05) is 23.9 Å². The van der Waals surface area contributed by atoms with E-state index in [4.69, 9.17) is 0 Å². The molecule has 84 valence electrons. The second kappa shape index (κ2) is 5.38. The summed E-state index contributed by atoms with van der Waals surface area (Å²) in [5.41, 5.74) is 0.286. The van der Waals surface area contributed by atoms with Crippen LogP contribution < -0.4 is 5.32 Å². The zero-order valence-electron chi connectivity index (χ0n) is 9.97. The Morgan fingerprint density at radius 2 is 2.21 bits per heavy atom. The first-order valence-corrected chi connectivity index (χ1v) is 6.82. The first kappa shape index (κ1) is 12.3. The second-order valence-corrected chi connectivity index (χ2v) is 6.22. The highest BCUT2D eigenvalue weighted by Crippen LogP contribution is 2.14. The largest absolute Gasteiger partial charge is 0.310 e. The number of nitrogens with one attached hydrogen (secondary N) is 1. The fourth-order valence-corrected chi connectivity index (χ4v) is 2.38. The van der Waals surface area contributed by atoms with Crippen molar-refractivity contribution in [1.82, 2.24) is 10.2 Å². The van der Waals surface area contributed by atoms with Crippen LogP contribution in [-0.2, 0) is 0 Å². The van der Waals surface area contributed by atoms with E-state index in [0.717, 1.165) is 11.8 Å². The molecule has 0 bridgehead atoms. The summed E-state index contributed by atoms with van der Waals surface area (Å²) in [5, 5.41) is 4.35. The fraction of sp³-hybridized carbons (Fsp3) is 1.00. The number of hydrogen-bond acceptors (Lipinski definition) is 3. The first-order chi connectivity index (χ1) is 6.53. The minimum Gasteiger partial charge on any atom is -0.310 e. The van der Waals surface area contributed by atoms with Gasteiger partial charge in [-0.1, -0.05) is 6.92 Å². The molecule has 0 aromatic carbocycles. The highest BCUT2D eigenvalue weighted by Gasteiger charge is 2.24. The second-order valence-electron chi connectivity index (χ2n) is 4.95. The normalized spacial score (nSPS) is 25.7. The van der Waals surface area contributed by atoms with Gasteiger partial charge < -0.3 is 10.2 Å². The summed E-state index contributed by atoms with van der Waals surface area (Å²) in [5.74, 6) is 0. The highest BCUT2D eigenvalue weighted by atomic mass is 32.2. The van der Waals surface area contributed by atoms with Crippen molar-refractivity contribution in [3.8, 4) is 0 Å². The van der Waals surface area contributed by atoms with Crippen LogP contribution in [0.3, 0.4) is 0 Å². The lowest BCUT2D eigenvalue weighted by Crippen LogP contribution is -2.47. The van der Waals surface area contributed by atoms with Crippen molar-refractivity contribution < 1.29 is 0 Å². The van der Waals surface area contributed by atoms with Crippen molar-refractivity contribution in [2.75, 3.05) is 32.4 Å². The molecule has 0 aromatic rings. The minimum absolute atomic E-state index is 0.286. The van der Waals surface area contributed by atoms with E-state index in [1.165, 1.54) is 26.1 Å². The molecule has 0 amide bonds. The van der Waals surface area contributed by atoms with E-state index in [-0.39, 0.29) is 5.54 Å². The Bertz CT molecular complexity index is 171. The summed E-state index contributed by atoms with van der Waals surface area (Å²) in [6.07, 6.45) is 3.48. The minimum atomic E-state index is 0.286. The molecule has 2 nitrogen and oxygen atoms in total. The molecule has 14 heavy (non-hydrogen) atoms. The van der Waals surface area contributed by atoms with E-state index < -0.39 is 0 Å². The van der Waals surface area contributed by atoms with Gasteiger partial charge in [0.25, 0.3) is 0 Å². The molecular formula is C11H24N2S. The van der Waals surface area contributed by atoms with Gasteiger partial charge in [0.15, 0.2) is 0 Å². The Kier molecular flexibility index (Phi) is 4.74. The summed E-state index contributed by atoms with van der Waals surface area (Å²) in [6.45, 7) is 11.7. The standard InChI is InChI=1S/C11H24N2S/c1-10(14-4)8-13-7-5-6-12-11(2,3)9-13/h10,12H,5-9H2,1-4H3. The molecule has 3 heteroatoms. The van der Waals surface area contributed by atoms with Crippen molar-refractivity contribution >= 4 is 11.8 Å². The SMILES string of the molecule is CSC(C)CN1CCCNC(C)(C)C1. The average molecular weight is 216 g/mol. The highest BCUT2D eigenvalue weighted by molar-refractivity contribution is 7.99. The van der Waals surface area contributed by atoms with Crippen LogP contribution in [0.15, 0.2) is 0 Å². The molecule has 1 aliphatic rings. The van der Waals surface area contributed by atoms with Crippen LogP contribution in [0.2, 0.25) is 0 Å². The van der Waals surface area contributed by atoms with E-state index in [2.05, 4.69) is 37.2 Å². The summed E-state index contributed by atoms with van der Waals surface area (Å²) in [6, 6.07) is 0. The Morgan fingerprint density at radius 1 is 1.50 bits per heavy atom. The molecule has 0 aliphatic carbocycles. The van der Waals surface area contributed by atoms with Gasteiger partial charge in [-0.05, 0) is 39.6 Å². The van der Waals surface area contributed by atoms with Crippen molar-refractivity contribution in [3.63, 3.8) is 0 Å². The van der Waals surface area contributed by atoms with Gasteiger partial charge >= 0.3 is 0 Å². The van der Waals surface area contributed by atoms with E-state index >= 15 is 0 Å². The molecule has 0 saturated carbocycles. The van der Waals surface area contributed by atoms with Gasteiger partial charge in [-0.2, -0.15) is 11.8 Å². The van der Waals surface area contributed by atoms with E-state index in [1.54, 1.807) is 0 Å². The summed E-state index contributed by atoms with van der Waals surface area (Å²) < 4.78 is 0. The summed E-state index contributed by atoms with van der Waals surface area (Å²) >= 11 is 1.96. The lowest BCUT2D eigenvalue weighted by Gasteiger charge is -2.31. The third-order valence-corrected chi connectivity index (χ3v) is 3.75. The summed E-state index contributed by atoms with van der Waals surface area (Å²) in [7, 11) is 0. The molecule has 1 atom stereocenters. The van der Waals surface area contributed by atoms with E-state index in [1.807, 2.05) is 11.8 Å². The van der Waals surface area contributed by atoms with Crippen LogP contribution >= 0.6 is 11.8 Å². The van der Waals surface area contributed by atoms with Gasteiger partial charge in [0.2, 0.25) is 0 Å². The quantitative estimate of drug-likeness (QED) is 0.774. The molecule has 0 radical (unpaired) electrons. The van der Waals surface area contributed by atoms with E-state index in [9.17, 15) is 0 Å². The van der Waals surface area contributed by atoms with Crippen molar-refractivity contribution in [2.45, 2.75) is 38.0 Å². The predicted octanol–water partition coefficient (Wildman–Crippen LogP) is 1.81. The molecule has 1 rings (SSSR count). The molecule has 1 heterocycles. The van der Waals surface area contributed by atoms with Crippen LogP contribution in [-0.4, -0.2) is 48.1 Å². The monoisotopic (exact) mass is 216 g/mol.